The van der Waals surface area contributed by atoms with Gasteiger partial charge < -0.3 is 11.1 Å². The Hall–Kier alpha value is -2.38. The molecule has 0 aliphatic carbocycles. The van der Waals surface area contributed by atoms with Gasteiger partial charge in [0.25, 0.3) is 11.8 Å². The van der Waals surface area contributed by atoms with E-state index in [0.29, 0.717) is 40.7 Å². The summed E-state index contributed by atoms with van der Waals surface area (Å²) in [6.07, 6.45) is 0.677. The molecule has 30 heavy (non-hydrogen) atoms. The molecule has 1 aliphatic heterocycles. The van der Waals surface area contributed by atoms with Crippen LogP contribution in [0.3, 0.4) is 0 Å². The summed E-state index contributed by atoms with van der Waals surface area (Å²) in [5.74, 6) is -0.906. The predicted octanol–water partition coefficient (Wildman–Crippen LogP) is 4.96. The maximum atomic E-state index is 12.7. The quantitative estimate of drug-likeness (QED) is 0.565. The Bertz CT molecular complexity index is 1130. The van der Waals surface area contributed by atoms with Crippen LogP contribution in [0.1, 0.15) is 36.7 Å². The molecule has 1 aromatic heterocycles. The summed E-state index contributed by atoms with van der Waals surface area (Å²) in [4.78, 5) is 28.2. The first-order valence-electron chi connectivity index (χ1n) is 9.40. The molecule has 2 aromatic carbocycles. The first kappa shape index (κ1) is 20.9. The lowest BCUT2D eigenvalue weighted by molar-refractivity contribution is 0.0999. The fourth-order valence-electron chi connectivity index (χ4n) is 3.62. The van der Waals surface area contributed by atoms with E-state index in [9.17, 15) is 9.59 Å². The summed E-state index contributed by atoms with van der Waals surface area (Å²) < 4.78 is 0. The number of hydrogen-bond donors (Lipinski definition) is 2. The van der Waals surface area contributed by atoms with E-state index in [1.54, 1.807) is 24.3 Å². The molecule has 8 heteroatoms. The number of primary amides is 1. The molecule has 0 unspecified atom stereocenters. The van der Waals surface area contributed by atoms with E-state index < -0.39 is 5.91 Å². The molecule has 0 bridgehead atoms. The van der Waals surface area contributed by atoms with Gasteiger partial charge in [0.1, 0.15) is 5.00 Å². The maximum absolute atomic E-state index is 12.7. The summed E-state index contributed by atoms with van der Waals surface area (Å²) in [5, 5.41) is 4.39. The highest BCUT2D eigenvalue weighted by molar-refractivity contribution is 7.17. The molecule has 0 radical (unpaired) electrons. The normalized spacial score (nSPS) is 13.7. The summed E-state index contributed by atoms with van der Waals surface area (Å²) in [6, 6.07) is 14.5. The number of anilines is 1. The van der Waals surface area contributed by atoms with E-state index in [-0.39, 0.29) is 5.91 Å². The molecule has 2 amide bonds. The van der Waals surface area contributed by atoms with Crippen molar-refractivity contribution in [2.75, 3.05) is 11.9 Å². The second-order valence-electron chi connectivity index (χ2n) is 7.06. The molecule has 4 rings (SSSR count). The van der Waals surface area contributed by atoms with Gasteiger partial charge in [-0.25, -0.2) is 0 Å². The van der Waals surface area contributed by atoms with Crippen LogP contribution in [0, 0.1) is 0 Å². The molecule has 3 aromatic rings. The fourth-order valence-corrected chi connectivity index (χ4v) is 5.33. The lowest BCUT2D eigenvalue weighted by Crippen LogP contribution is -2.30. The number of fused-ring (bicyclic) bond motifs is 1. The highest BCUT2D eigenvalue weighted by Gasteiger charge is 2.28. The average Bonchev–Trinajstić information content (AvgIpc) is 3.07. The molecule has 0 fully saturated rings. The van der Waals surface area contributed by atoms with Crippen LogP contribution in [0.2, 0.25) is 10.0 Å². The zero-order valence-corrected chi connectivity index (χ0v) is 18.3. The third-order valence-electron chi connectivity index (χ3n) is 5.08. The maximum Gasteiger partial charge on any atom is 0.257 e. The Morgan fingerprint density at radius 1 is 1.07 bits per heavy atom. The first-order chi connectivity index (χ1) is 14.4. The van der Waals surface area contributed by atoms with Gasteiger partial charge in [-0.05, 0) is 35.7 Å². The van der Waals surface area contributed by atoms with Gasteiger partial charge in [0.2, 0.25) is 0 Å². The minimum Gasteiger partial charge on any atom is -0.365 e. The zero-order chi connectivity index (χ0) is 21.3. The molecule has 0 saturated heterocycles. The Morgan fingerprint density at radius 2 is 1.77 bits per heavy atom. The van der Waals surface area contributed by atoms with Crippen molar-refractivity contribution in [1.29, 1.82) is 0 Å². The van der Waals surface area contributed by atoms with Crippen molar-refractivity contribution in [2.45, 2.75) is 19.5 Å². The fraction of sp³-hybridized carbons (Fsp3) is 0.182. The van der Waals surface area contributed by atoms with Crippen LogP contribution >= 0.6 is 34.5 Å². The van der Waals surface area contributed by atoms with Crippen LogP contribution in [0.4, 0.5) is 5.00 Å². The highest BCUT2D eigenvalue weighted by Crippen LogP contribution is 2.38. The van der Waals surface area contributed by atoms with Gasteiger partial charge in [0.15, 0.2) is 0 Å². The van der Waals surface area contributed by atoms with Crippen LogP contribution in [0.25, 0.3) is 0 Å². The van der Waals surface area contributed by atoms with Crippen molar-refractivity contribution in [3.05, 3.63) is 85.7 Å². The van der Waals surface area contributed by atoms with Gasteiger partial charge in [-0.2, -0.15) is 0 Å². The van der Waals surface area contributed by atoms with Crippen molar-refractivity contribution in [2.24, 2.45) is 5.73 Å². The molecule has 2 heterocycles. The number of nitrogens with one attached hydrogen (secondary N) is 1. The van der Waals surface area contributed by atoms with E-state index in [0.717, 1.165) is 27.6 Å². The zero-order valence-electron chi connectivity index (χ0n) is 16.0. The number of carbonyl (C=O) groups is 2. The SMILES string of the molecule is NC(=O)c1c(NC(=O)c2ccccc2Cl)sc2c1CCN(Cc1ccccc1Cl)C2. The third-order valence-corrected chi connectivity index (χ3v) is 6.91. The van der Waals surface area contributed by atoms with Crippen molar-refractivity contribution in [1.82, 2.24) is 4.90 Å². The van der Waals surface area contributed by atoms with E-state index in [1.165, 1.54) is 11.3 Å². The molecular formula is C22H19Cl2N3O2S. The third kappa shape index (κ3) is 4.23. The molecule has 0 saturated carbocycles. The molecular weight excluding hydrogens is 441 g/mol. The molecule has 3 N–H and O–H groups in total. The summed E-state index contributed by atoms with van der Waals surface area (Å²) in [6.45, 7) is 2.14. The molecule has 5 nitrogen and oxygen atoms in total. The minimum atomic E-state index is -0.540. The number of amides is 2. The molecule has 0 atom stereocenters. The first-order valence-corrected chi connectivity index (χ1v) is 11.0. The second kappa shape index (κ2) is 8.78. The Labute approximate surface area is 188 Å². The van der Waals surface area contributed by atoms with Gasteiger partial charge in [0, 0.05) is 29.5 Å². The Morgan fingerprint density at radius 3 is 2.47 bits per heavy atom. The Kier molecular flexibility index (Phi) is 6.11. The van der Waals surface area contributed by atoms with Crippen molar-refractivity contribution in [3.8, 4) is 0 Å². The summed E-state index contributed by atoms with van der Waals surface area (Å²) in [5.41, 5.74) is 8.38. The number of halogens is 2. The van der Waals surface area contributed by atoms with Gasteiger partial charge in [-0.15, -0.1) is 11.3 Å². The smallest absolute Gasteiger partial charge is 0.257 e. The topological polar surface area (TPSA) is 75.4 Å². The number of carbonyl (C=O) groups excluding carboxylic acids is 2. The van der Waals surface area contributed by atoms with Crippen LogP contribution in [-0.4, -0.2) is 23.3 Å². The highest BCUT2D eigenvalue weighted by atomic mass is 35.5. The lowest BCUT2D eigenvalue weighted by Gasteiger charge is -2.27. The molecule has 154 valence electrons. The van der Waals surface area contributed by atoms with E-state index in [4.69, 9.17) is 28.9 Å². The average molecular weight is 460 g/mol. The van der Waals surface area contributed by atoms with Gasteiger partial charge >= 0.3 is 0 Å². The standard InChI is InChI=1S/C22H19Cl2N3O2S/c23-16-7-3-1-5-13(16)11-27-10-9-15-18(12-27)30-22(19(15)20(25)28)26-21(29)14-6-2-4-8-17(14)24/h1-8H,9-12H2,(H2,25,28)(H,26,29). The molecule has 0 spiro atoms. The number of nitrogens with two attached hydrogens (primary N) is 1. The predicted molar refractivity (Wildman–Crippen MR) is 122 cm³/mol. The molecule has 1 aliphatic rings. The van der Waals surface area contributed by atoms with Crippen molar-refractivity contribution < 1.29 is 9.59 Å². The van der Waals surface area contributed by atoms with Crippen LogP contribution in [-0.2, 0) is 19.5 Å². The van der Waals surface area contributed by atoms with E-state index >= 15 is 0 Å². The van der Waals surface area contributed by atoms with Gasteiger partial charge in [-0.1, -0.05) is 53.5 Å². The monoisotopic (exact) mass is 459 g/mol. The van der Waals surface area contributed by atoms with Gasteiger partial charge in [0.05, 0.1) is 16.1 Å². The number of rotatable bonds is 5. The lowest BCUT2D eigenvalue weighted by atomic mass is 10.0. The van der Waals surface area contributed by atoms with Gasteiger partial charge in [-0.3, -0.25) is 14.5 Å². The minimum absolute atomic E-state index is 0.348. The number of thiophene rings is 1. The van der Waals surface area contributed by atoms with Crippen LogP contribution < -0.4 is 11.1 Å². The summed E-state index contributed by atoms with van der Waals surface area (Å²) in [7, 11) is 0. The largest absolute Gasteiger partial charge is 0.365 e. The van der Waals surface area contributed by atoms with Crippen molar-refractivity contribution >= 4 is 51.4 Å². The second-order valence-corrected chi connectivity index (χ2v) is 8.98. The number of benzene rings is 2. The van der Waals surface area contributed by atoms with Crippen LogP contribution in [0.5, 0.6) is 0 Å². The van der Waals surface area contributed by atoms with Crippen LogP contribution in [0.15, 0.2) is 48.5 Å². The van der Waals surface area contributed by atoms with E-state index in [1.807, 2.05) is 24.3 Å². The number of nitrogens with zero attached hydrogens (tertiary/aromatic N) is 1. The van der Waals surface area contributed by atoms with Crippen molar-refractivity contribution in [3.63, 3.8) is 0 Å². The van der Waals surface area contributed by atoms with E-state index in [2.05, 4.69) is 10.2 Å². The number of hydrogen-bond acceptors (Lipinski definition) is 4. The Balaban J connectivity index is 1.58. The summed E-state index contributed by atoms with van der Waals surface area (Å²) >= 11 is 13.8.